The van der Waals surface area contributed by atoms with Gasteiger partial charge in [-0.05, 0) is 19.9 Å². The van der Waals surface area contributed by atoms with Crippen molar-refractivity contribution in [2.75, 3.05) is 5.75 Å². The van der Waals surface area contributed by atoms with E-state index in [0.717, 1.165) is 17.8 Å². The molecule has 6 heteroatoms. The maximum absolute atomic E-state index is 12.9. The third-order valence-corrected chi connectivity index (χ3v) is 3.03. The van der Waals surface area contributed by atoms with Gasteiger partial charge in [0.15, 0.2) is 0 Å². The van der Waals surface area contributed by atoms with E-state index >= 15 is 0 Å². The molecule has 1 aromatic rings. The second-order valence-corrected chi connectivity index (χ2v) is 5.06. The molecule has 0 aliphatic heterocycles. The predicted molar refractivity (Wildman–Crippen MR) is 71.6 cm³/mol. The zero-order valence-corrected chi connectivity index (χ0v) is 11.4. The first-order valence-electron chi connectivity index (χ1n) is 5.67. The quantitative estimate of drug-likeness (QED) is 0.479. The molecule has 104 valence electrons. The molecule has 0 atom stereocenters. The van der Waals surface area contributed by atoms with Crippen molar-refractivity contribution in [2.45, 2.75) is 26.1 Å². The molecule has 0 amide bonds. The maximum Gasteiger partial charge on any atom is 0.417 e. The number of carbonyl (C=O) groups is 1. The molecule has 0 radical (unpaired) electrons. The maximum atomic E-state index is 12.9. The van der Waals surface area contributed by atoms with Crippen molar-refractivity contribution in [3.05, 3.63) is 35.4 Å². The van der Waals surface area contributed by atoms with Crippen LogP contribution in [0.15, 0.2) is 29.3 Å². The van der Waals surface area contributed by atoms with E-state index < -0.39 is 11.7 Å². The molecule has 0 N–H and O–H groups in total. The minimum atomic E-state index is -4.43. The largest absolute Gasteiger partial charge is 0.417 e. The number of rotatable bonds is 4. The highest BCUT2D eigenvalue weighted by Crippen LogP contribution is 2.33. The van der Waals surface area contributed by atoms with Crippen LogP contribution in [0.25, 0.3) is 0 Å². The molecule has 0 aliphatic carbocycles. The third-order valence-electron chi connectivity index (χ3n) is 2.13. The summed E-state index contributed by atoms with van der Waals surface area (Å²) in [5.41, 5.74) is -0.705. The van der Waals surface area contributed by atoms with Gasteiger partial charge >= 0.3 is 6.18 Å². The monoisotopic (exact) mass is 289 g/mol. The SMILES string of the molecule is CC(C)N=C(SCC=O)c1ccccc1C(F)(F)F. The second kappa shape index (κ2) is 6.75. The number of benzene rings is 1. The topological polar surface area (TPSA) is 29.4 Å². The molecule has 0 bridgehead atoms. The van der Waals surface area contributed by atoms with E-state index in [2.05, 4.69) is 4.99 Å². The van der Waals surface area contributed by atoms with E-state index in [-0.39, 0.29) is 22.4 Å². The van der Waals surface area contributed by atoms with Gasteiger partial charge in [-0.2, -0.15) is 13.2 Å². The van der Waals surface area contributed by atoms with Crippen LogP contribution in [-0.2, 0) is 11.0 Å². The van der Waals surface area contributed by atoms with Crippen LogP contribution in [-0.4, -0.2) is 23.1 Å². The highest BCUT2D eigenvalue weighted by Gasteiger charge is 2.34. The molecular weight excluding hydrogens is 275 g/mol. The zero-order valence-electron chi connectivity index (χ0n) is 10.6. The third kappa shape index (κ3) is 4.70. The molecule has 19 heavy (non-hydrogen) atoms. The number of hydrogen-bond donors (Lipinski definition) is 0. The van der Waals surface area contributed by atoms with Gasteiger partial charge in [-0.15, -0.1) is 0 Å². The van der Waals surface area contributed by atoms with Crippen molar-refractivity contribution >= 4 is 23.1 Å². The summed E-state index contributed by atoms with van der Waals surface area (Å²) in [5.74, 6) is 0.0811. The molecule has 2 nitrogen and oxygen atoms in total. The Balaban J connectivity index is 3.26. The summed E-state index contributed by atoms with van der Waals surface area (Å²) in [4.78, 5) is 14.6. The van der Waals surface area contributed by atoms with Crippen molar-refractivity contribution in [3.63, 3.8) is 0 Å². The van der Waals surface area contributed by atoms with Gasteiger partial charge in [0.2, 0.25) is 0 Å². The minimum Gasteiger partial charge on any atom is -0.302 e. The van der Waals surface area contributed by atoms with E-state index in [9.17, 15) is 18.0 Å². The molecule has 0 spiro atoms. The number of nitrogens with zero attached hydrogens (tertiary/aromatic N) is 1. The molecular formula is C13H14F3NOS. The lowest BCUT2D eigenvalue weighted by Gasteiger charge is -2.14. The average Bonchev–Trinajstić information content (AvgIpc) is 2.33. The summed E-state index contributed by atoms with van der Waals surface area (Å²) in [6.07, 6.45) is -3.78. The van der Waals surface area contributed by atoms with E-state index in [1.54, 1.807) is 13.8 Å². The van der Waals surface area contributed by atoms with Gasteiger partial charge in [0.25, 0.3) is 0 Å². The zero-order chi connectivity index (χ0) is 14.5. The van der Waals surface area contributed by atoms with Gasteiger partial charge in [0.05, 0.1) is 16.4 Å². The number of thioether (sulfide) groups is 1. The van der Waals surface area contributed by atoms with E-state index in [1.807, 2.05) is 0 Å². The van der Waals surface area contributed by atoms with Crippen molar-refractivity contribution in [1.29, 1.82) is 0 Å². The summed E-state index contributed by atoms with van der Waals surface area (Å²) in [5, 5.41) is 0.245. The van der Waals surface area contributed by atoms with Gasteiger partial charge in [0, 0.05) is 11.6 Å². The lowest BCUT2D eigenvalue weighted by atomic mass is 10.1. The number of alkyl halides is 3. The molecule has 0 aromatic heterocycles. The number of aliphatic imine (C=N–C) groups is 1. The standard InChI is InChI=1S/C13H14F3NOS/c1-9(2)17-12(19-8-7-18)10-5-3-4-6-11(10)13(14,15)16/h3-7,9H,8H2,1-2H3. The fourth-order valence-corrected chi connectivity index (χ4v) is 2.29. The number of hydrogen-bond acceptors (Lipinski definition) is 3. The fourth-order valence-electron chi connectivity index (χ4n) is 1.45. The highest BCUT2D eigenvalue weighted by molar-refractivity contribution is 8.14. The van der Waals surface area contributed by atoms with Gasteiger partial charge in [-0.3, -0.25) is 4.99 Å². The number of carbonyl (C=O) groups excluding carboxylic acids is 1. The first-order valence-corrected chi connectivity index (χ1v) is 6.65. The van der Waals surface area contributed by atoms with Crippen LogP contribution in [0.2, 0.25) is 0 Å². The fraction of sp³-hybridized carbons (Fsp3) is 0.385. The first kappa shape index (κ1) is 15.8. The Kier molecular flexibility index (Phi) is 5.60. The lowest BCUT2D eigenvalue weighted by molar-refractivity contribution is -0.137. The molecule has 0 saturated carbocycles. The summed E-state index contributed by atoms with van der Waals surface area (Å²) < 4.78 is 38.8. The highest BCUT2D eigenvalue weighted by atomic mass is 32.2. The van der Waals surface area contributed by atoms with Crippen molar-refractivity contribution < 1.29 is 18.0 Å². The Morgan fingerprint density at radius 1 is 1.37 bits per heavy atom. The van der Waals surface area contributed by atoms with E-state index in [0.29, 0.717) is 6.29 Å². The predicted octanol–water partition coefficient (Wildman–Crippen LogP) is 3.79. The molecule has 1 aromatic carbocycles. The van der Waals surface area contributed by atoms with Crippen LogP contribution < -0.4 is 0 Å². The molecule has 1 rings (SSSR count). The van der Waals surface area contributed by atoms with Crippen molar-refractivity contribution in [1.82, 2.24) is 0 Å². The summed E-state index contributed by atoms with van der Waals surface area (Å²) >= 11 is 1.02. The summed E-state index contributed by atoms with van der Waals surface area (Å²) in [6, 6.07) is 5.12. The van der Waals surface area contributed by atoms with Crippen LogP contribution >= 0.6 is 11.8 Å². The van der Waals surface area contributed by atoms with Crippen LogP contribution in [0.4, 0.5) is 13.2 Å². The Hall–Kier alpha value is -1.30. The van der Waals surface area contributed by atoms with Crippen molar-refractivity contribution in [2.24, 2.45) is 4.99 Å². The minimum absolute atomic E-state index is 0.0237. The van der Waals surface area contributed by atoms with E-state index in [4.69, 9.17) is 0 Å². The van der Waals surface area contributed by atoms with Gasteiger partial charge in [-0.25, -0.2) is 0 Å². The Morgan fingerprint density at radius 3 is 2.53 bits per heavy atom. The molecule has 0 saturated heterocycles. The van der Waals surface area contributed by atoms with Gasteiger partial charge in [0.1, 0.15) is 6.29 Å². The number of halogens is 3. The van der Waals surface area contributed by atoms with Crippen LogP contribution in [0.5, 0.6) is 0 Å². The van der Waals surface area contributed by atoms with Gasteiger partial charge < -0.3 is 4.79 Å². The smallest absolute Gasteiger partial charge is 0.302 e. The summed E-state index contributed by atoms with van der Waals surface area (Å²) in [7, 11) is 0. The molecule has 0 aliphatic rings. The summed E-state index contributed by atoms with van der Waals surface area (Å²) in [6.45, 7) is 3.55. The number of aldehydes is 1. The van der Waals surface area contributed by atoms with Crippen molar-refractivity contribution in [3.8, 4) is 0 Å². The lowest BCUT2D eigenvalue weighted by Crippen LogP contribution is -2.13. The first-order chi connectivity index (χ1) is 8.86. The Morgan fingerprint density at radius 2 is 2.00 bits per heavy atom. The van der Waals surface area contributed by atoms with Crippen LogP contribution in [0.1, 0.15) is 25.0 Å². The van der Waals surface area contributed by atoms with E-state index in [1.165, 1.54) is 18.2 Å². The van der Waals surface area contributed by atoms with Gasteiger partial charge in [-0.1, -0.05) is 30.0 Å². The normalized spacial score (nSPS) is 12.8. The van der Waals surface area contributed by atoms with Crippen LogP contribution in [0.3, 0.4) is 0 Å². The van der Waals surface area contributed by atoms with Crippen LogP contribution in [0, 0.1) is 0 Å². The molecule has 0 unspecified atom stereocenters. The molecule has 0 fully saturated rings. The average molecular weight is 289 g/mol. The Labute approximate surface area is 114 Å². The Bertz CT molecular complexity index is 469. The second-order valence-electron chi connectivity index (χ2n) is 4.05. The molecule has 0 heterocycles.